The van der Waals surface area contributed by atoms with Crippen LogP contribution in [0, 0.1) is 6.92 Å². The highest BCUT2D eigenvalue weighted by Gasteiger charge is 2.18. The molecule has 4 rings (SSSR count). The fourth-order valence-corrected chi connectivity index (χ4v) is 3.22. The Morgan fingerprint density at radius 2 is 1.92 bits per heavy atom. The molecule has 0 spiro atoms. The third-order valence-electron chi connectivity index (χ3n) is 4.43. The van der Waals surface area contributed by atoms with Crippen LogP contribution in [0.5, 0.6) is 5.75 Å². The van der Waals surface area contributed by atoms with Crippen LogP contribution >= 0.6 is 0 Å². The van der Waals surface area contributed by atoms with Gasteiger partial charge in [0, 0.05) is 24.5 Å². The third kappa shape index (κ3) is 3.24. The van der Waals surface area contributed by atoms with Gasteiger partial charge < -0.3 is 19.9 Å². The maximum Gasteiger partial charge on any atom is 0.229 e. The topological polar surface area (TPSA) is 66.1 Å². The van der Waals surface area contributed by atoms with Crippen molar-refractivity contribution in [3.05, 3.63) is 36.0 Å². The zero-order valence-electron chi connectivity index (χ0n) is 14.7. The number of fused-ring (bicyclic) bond motifs is 1. The van der Waals surface area contributed by atoms with Gasteiger partial charge in [0.1, 0.15) is 17.2 Å². The number of hydrogen-bond donors (Lipinski definition) is 2. The molecule has 2 aromatic heterocycles. The van der Waals surface area contributed by atoms with Crippen LogP contribution in [0.4, 0.5) is 17.5 Å². The Morgan fingerprint density at radius 3 is 2.64 bits per heavy atom. The Kier molecular flexibility index (Phi) is 4.17. The number of hydrogen-bond acceptors (Lipinski definition) is 5. The summed E-state index contributed by atoms with van der Waals surface area (Å²) in [7, 11) is 0. The van der Waals surface area contributed by atoms with Crippen molar-refractivity contribution in [3.8, 4) is 5.75 Å². The van der Waals surface area contributed by atoms with E-state index in [-0.39, 0.29) is 0 Å². The van der Waals surface area contributed by atoms with E-state index < -0.39 is 0 Å². The van der Waals surface area contributed by atoms with E-state index in [1.54, 1.807) is 0 Å². The van der Waals surface area contributed by atoms with Crippen LogP contribution in [0.25, 0.3) is 11.0 Å². The van der Waals surface area contributed by atoms with Gasteiger partial charge in [-0.1, -0.05) is 0 Å². The van der Waals surface area contributed by atoms with Crippen molar-refractivity contribution in [3.63, 3.8) is 0 Å². The highest BCUT2D eigenvalue weighted by molar-refractivity contribution is 5.90. The zero-order valence-corrected chi connectivity index (χ0v) is 14.7. The number of rotatable bonds is 5. The monoisotopic (exact) mass is 337 g/mol. The van der Waals surface area contributed by atoms with Gasteiger partial charge in [-0.2, -0.15) is 9.97 Å². The summed E-state index contributed by atoms with van der Waals surface area (Å²) in [4.78, 5) is 15.1. The Bertz CT molecular complexity index is 865. The summed E-state index contributed by atoms with van der Waals surface area (Å²) in [5, 5.41) is 4.45. The minimum Gasteiger partial charge on any atom is -0.494 e. The predicted molar refractivity (Wildman–Crippen MR) is 101 cm³/mol. The van der Waals surface area contributed by atoms with E-state index >= 15 is 0 Å². The SMILES string of the molecule is CCOc1ccc(Nc2nc(N3CCCC3)nc3[nH]c(C)cc23)cc1. The largest absolute Gasteiger partial charge is 0.494 e. The lowest BCUT2D eigenvalue weighted by molar-refractivity contribution is 0.340. The number of ether oxygens (including phenoxy) is 1. The molecule has 3 aromatic rings. The number of nitrogens with one attached hydrogen (secondary N) is 2. The van der Waals surface area contributed by atoms with Crippen LogP contribution in [-0.2, 0) is 0 Å². The van der Waals surface area contributed by atoms with Gasteiger partial charge in [0.05, 0.1) is 12.0 Å². The van der Waals surface area contributed by atoms with Gasteiger partial charge in [-0.15, -0.1) is 0 Å². The van der Waals surface area contributed by atoms with Crippen LogP contribution in [-0.4, -0.2) is 34.6 Å². The van der Waals surface area contributed by atoms with E-state index in [0.717, 1.165) is 53.0 Å². The minimum atomic E-state index is 0.668. The summed E-state index contributed by atoms with van der Waals surface area (Å²) in [6, 6.07) is 10.0. The number of H-pyrrole nitrogens is 1. The highest BCUT2D eigenvalue weighted by atomic mass is 16.5. The van der Waals surface area contributed by atoms with Gasteiger partial charge in [-0.25, -0.2) is 0 Å². The summed E-state index contributed by atoms with van der Waals surface area (Å²) < 4.78 is 5.51. The minimum absolute atomic E-state index is 0.668. The van der Waals surface area contributed by atoms with Gasteiger partial charge in [-0.3, -0.25) is 0 Å². The quantitative estimate of drug-likeness (QED) is 0.736. The van der Waals surface area contributed by atoms with Crippen molar-refractivity contribution in [1.29, 1.82) is 0 Å². The first-order valence-electron chi connectivity index (χ1n) is 8.85. The second-order valence-electron chi connectivity index (χ2n) is 6.36. The maximum atomic E-state index is 5.51. The lowest BCUT2D eigenvalue weighted by Gasteiger charge is -2.17. The summed E-state index contributed by atoms with van der Waals surface area (Å²) in [6.45, 7) is 6.73. The van der Waals surface area contributed by atoms with Crippen molar-refractivity contribution in [1.82, 2.24) is 15.0 Å². The van der Waals surface area contributed by atoms with Crippen molar-refractivity contribution >= 4 is 28.5 Å². The summed E-state index contributed by atoms with van der Waals surface area (Å²) in [5.74, 6) is 2.50. The molecular weight excluding hydrogens is 314 g/mol. The number of benzene rings is 1. The third-order valence-corrected chi connectivity index (χ3v) is 4.43. The van der Waals surface area contributed by atoms with Crippen molar-refractivity contribution in [2.75, 3.05) is 29.9 Å². The van der Waals surface area contributed by atoms with E-state index in [9.17, 15) is 0 Å². The second kappa shape index (κ2) is 6.63. The number of aryl methyl sites for hydroxylation is 1. The number of anilines is 3. The molecule has 0 aliphatic carbocycles. The molecule has 130 valence electrons. The molecular formula is C19H23N5O. The standard InChI is InChI=1S/C19H23N5O/c1-3-25-15-8-6-14(7-9-15)21-18-16-12-13(2)20-17(16)22-19(23-18)24-10-4-5-11-24/h6-9,12H,3-5,10-11H2,1-2H3,(H2,20,21,22,23). The molecule has 0 amide bonds. The Balaban J connectivity index is 1.69. The van der Waals surface area contributed by atoms with E-state index in [4.69, 9.17) is 14.7 Å². The summed E-state index contributed by atoms with van der Waals surface area (Å²) in [5.41, 5.74) is 2.94. The first-order chi connectivity index (χ1) is 12.2. The van der Waals surface area contributed by atoms with E-state index in [1.165, 1.54) is 12.8 Å². The van der Waals surface area contributed by atoms with Gasteiger partial charge in [0.2, 0.25) is 5.95 Å². The first kappa shape index (κ1) is 15.7. The molecule has 2 N–H and O–H groups in total. The van der Waals surface area contributed by atoms with E-state index in [1.807, 2.05) is 38.1 Å². The molecule has 1 saturated heterocycles. The zero-order chi connectivity index (χ0) is 17.2. The molecule has 0 radical (unpaired) electrons. The average molecular weight is 337 g/mol. The van der Waals surface area contributed by atoms with E-state index in [2.05, 4.69) is 21.3 Å². The fourth-order valence-electron chi connectivity index (χ4n) is 3.22. The molecule has 1 aromatic carbocycles. The smallest absolute Gasteiger partial charge is 0.229 e. The maximum absolute atomic E-state index is 5.51. The van der Waals surface area contributed by atoms with Crippen LogP contribution in [0.3, 0.4) is 0 Å². The molecule has 0 atom stereocenters. The van der Waals surface area contributed by atoms with Gasteiger partial charge in [0.15, 0.2) is 0 Å². The molecule has 0 unspecified atom stereocenters. The Labute approximate surface area is 147 Å². The molecule has 6 nitrogen and oxygen atoms in total. The van der Waals surface area contributed by atoms with Gasteiger partial charge in [-0.05, 0) is 57.0 Å². The molecule has 3 heterocycles. The van der Waals surface area contributed by atoms with Crippen LogP contribution in [0.2, 0.25) is 0 Å². The van der Waals surface area contributed by atoms with Crippen molar-refractivity contribution < 1.29 is 4.74 Å². The second-order valence-corrected chi connectivity index (χ2v) is 6.36. The van der Waals surface area contributed by atoms with Gasteiger partial charge >= 0.3 is 0 Å². The van der Waals surface area contributed by atoms with Crippen LogP contribution in [0.1, 0.15) is 25.5 Å². The lowest BCUT2D eigenvalue weighted by Crippen LogP contribution is -2.20. The van der Waals surface area contributed by atoms with Gasteiger partial charge in [0.25, 0.3) is 0 Å². The summed E-state index contributed by atoms with van der Waals surface area (Å²) >= 11 is 0. The number of aromatic nitrogens is 3. The lowest BCUT2D eigenvalue weighted by atomic mass is 10.3. The normalized spacial score (nSPS) is 14.2. The molecule has 0 saturated carbocycles. The highest BCUT2D eigenvalue weighted by Crippen LogP contribution is 2.28. The average Bonchev–Trinajstić information content (AvgIpc) is 3.25. The number of nitrogens with zero attached hydrogens (tertiary/aromatic N) is 3. The fraction of sp³-hybridized carbons (Fsp3) is 0.368. The van der Waals surface area contributed by atoms with Crippen molar-refractivity contribution in [2.24, 2.45) is 0 Å². The van der Waals surface area contributed by atoms with Crippen LogP contribution < -0.4 is 15.0 Å². The van der Waals surface area contributed by atoms with Crippen LogP contribution in [0.15, 0.2) is 30.3 Å². The molecule has 6 heteroatoms. The molecule has 0 bridgehead atoms. The molecule has 1 aliphatic rings. The Hall–Kier alpha value is -2.76. The number of aromatic amines is 1. The first-order valence-corrected chi connectivity index (χ1v) is 8.85. The molecule has 1 fully saturated rings. The predicted octanol–water partition coefficient (Wildman–Crippen LogP) is 4.01. The van der Waals surface area contributed by atoms with Crippen molar-refractivity contribution in [2.45, 2.75) is 26.7 Å². The molecule has 1 aliphatic heterocycles. The van der Waals surface area contributed by atoms with E-state index in [0.29, 0.717) is 6.61 Å². The summed E-state index contributed by atoms with van der Waals surface area (Å²) in [6.07, 6.45) is 2.40. The molecule has 25 heavy (non-hydrogen) atoms. The Morgan fingerprint density at radius 1 is 1.16 bits per heavy atom.